The van der Waals surface area contributed by atoms with Gasteiger partial charge in [0.15, 0.2) is 0 Å². The second-order valence-electron chi connectivity index (χ2n) is 6.37. The van der Waals surface area contributed by atoms with Crippen molar-refractivity contribution in [2.45, 2.75) is 13.0 Å². The summed E-state index contributed by atoms with van der Waals surface area (Å²) in [6.07, 6.45) is 2.93. The number of hydrogen-bond acceptors (Lipinski definition) is 6. The minimum atomic E-state index is -0.527. The van der Waals surface area contributed by atoms with E-state index >= 15 is 0 Å². The van der Waals surface area contributed by atoms with Crippen LogP contribution in [0.15, 0.2) is 55.0 Å². The number of imidazole rings is 1. The SMILES string of the molecule is COc1ncc(-c2cccc(-n3cnc4cc(C(C)O)ccc43)c2)c(OC)n1. The van der Waals surface area contributed by atoms with E-state index in [-0.39, 0.29) is 6.01 Å². The Morgan fingerprint density at radius 3 is 2.64 bits per heavy atom. The molecule has 0 aliphatic heterocycles. The maximum atomic E-state index is 9.79. The Kier molecular flexibility index (Phi) is 4.67. The number of fused-ring (bicyclic) bond motifs is 1. The maximum absolute atomic E-state index is 9.79. The van der Waals surface area contributed by atoms with Gasteiger partial charge >= 0.3 is 6.01 Å². The van der Waals surface area contributed by atoms with Gasteiger partial charge in [-0.2, -0.15) is 4.98 Å². The number of rotatable bonds is 5. The summed E-state index contributed by atoms with van der Waals surface area (Å²) < 4.78 is 12.5. The summed E-state index contributed by atoms with van der Waals surface area (Å²) >= 11 is 0. The molecular formula is C21H20N4O3. The second kappa shape index (κ2) is 7.28. The molecule has 0 aliphatic carbocycles. The summed E-state index contributed by atoms with van der Waals surface area (Å²) in [6.45, 7) is 1.74. The van der Waals surface area contributed by atoms with E-state index < -0.39 is 6.10 Å². The molecule has 0 spiro atoms. The molecule has 1 unspecified atom stereocenters. The van der Waals surface area contributed by atoms with Gasteiger partial charge < -0.3 is 14.6 Å². The molecule has 2 aromatic heterocycles. The van der Waals surface area contributed by atoms with Crippen molar-refractivity contribution in [3.63, 3.8) is 0 Å². The van der Waals surface area contributed by atoms with E-state index in [4.69, 9.17) is 9.47 Å². The fourth-order valence-electron chi connectivity index (χ4n) is 3.12. The van der Waals surface area contributed by atoms with Gasteiger partial charge in [0.05, 0.1) is 36.9 Å². The van der Waals surface area contributed by atoms with Crippen LogP contribution < -0.4 is 9.47 Å². The molecule has 0 saturated carbocycles. The number of methoxy groups -OCH3 is 2. The lowest BCUT2D eigenvalue weighted by molar-refractivity contribution is 0.199. The lowest BCUT2D eigenvalue weighted by atomic mass is 10.1. The molecule has 0 radical (unpaired) electrons. The van der Waals surface area contributed by atoms with Crippen LogP contribution in [0.1, 0.15) is 18.6 Å². The van der Waals surface area contributed by atoms with Gasteiger partial charge in [-0.05, 0) is 42.3 Å². The third-order valence-electron chi connectivity index (χ3n) is 4.60. The normalized spacial score (nSPS) is 12.1. The summed E-state index contributed by atoms with van der Waals surface area (Å²) in [5.41, 5.74) is 5.26. The first-order valence-corrected chi connectivity index (χ1v) is 8.81. The molecule has 0 amide bonds. The van der Waals surface area contributed by atoms with Gasteiger partial charge in [0.1, 0.15) is 6.33 Å². The van der Waals surface area contributed by atoms with Gasteiger partial charge in [0, 0.05) is 11.9 Å². The molecule has 0 bridgehead atoms. The van der Waals surface area contributed by atoms with E-state index in [1.54, 1.807) is 26.6 Å². The van der Waals surface area contributed by atoms with Crippen LogP contribution in [0.3, 0.4) is 0 Å². The number of aliphatic hydroxyl groups excluding tert-OH is 1. The number of nitrogens with zero attached hydrogens (tertiary/aromatic N) is 4. The lowest BCUT2D eigenvalue weighted by Gasteiger charge is -2.11. The quantitative estimate of drug-likeness (QED) is 0.574. The van der Waals surface area contributed by atoms with Crippen LogP contribution in [-0.4, -0.2) is 38.8 Å². The lowest BCUT2D eigenvalue weighted by Crippen LogP contribution is -1.98. The van der Waals surface area contributed by atoms with Crippen molar-refractivity contribution >= 4 is 11.0 Å². The molecule has 2 aromatic carbocycles. The zero-order valence-electron chi connectivity index (χ0n) is 15.8. The van der Waals surface area contributed by atoms with Crippen molar-refractivity contribution in [2.75, 3.05) is 14.2 Å². The number of benzene rings is 2. The van der Waals surface area contributed by atoms with E-state index in [9.17, 15) is 5.11 Å². The third kappa shape index (κ3) is 3.16. The van der Waals surface area contributed by atoms with Gasteiger partial charge in [-0.1, -0.05) is 18.2 Å². The van der Waals surface area contributed by atoms with Crippen LogP contribution in [0.4, 0.5) is 0 Å². The van der Waals surface area contributed by atoms with Gasteiger partial charge in [-0.25, -0.2) is 9.97 Å². The summed E-state index contributed by atoms with van der Waals surface area (Å²) in [6, 6.07) is 14.0. The Hall–Kier alpha value is -3.45. The first-order chi connectivity index (χ1) is 13.6. The van der Waals surface area contributed by atoms with Crippen molar-refractivity contribution in [3.8, 4) is 28.7 Å². The first kappa shape index (κ1) is 17.9. The molecule has 4 aromatic rings. The van der Waals surface area contributed by atoms with Crippen LogP contribution in [0.5, 0.6) is 11.9 Å². The van der Waals surface area contributed by atoms with E-state index in [2.05, 4.69) is 15.0 Å². The molecular weight excluding hydrogens is 356 g/mol. The number of aliphatic hydroxyl groups is 1. The predicted molar refractivity (Wildman–Crippen MR) is 106 cm³/mol. The largest absolute Gasteiger partial charge is 0.480 e. The highest BCUT2D eigenvalue weighted by Crippen LogP contribution is 2.31. The monoisotopic (exact) mass is 376 g/mol. The van der Waals surface area contributed by atoms with Crippen molar-refractivity contribution in [3.05, 3.63) is 60.6 Å². The summed E-state index contributed by atoms with van der Waals surface area (Å²) in [4.78, 5) is 12.9. The Morgan fingerprint density at radius 1 is 1.04 bits per heavy atom. The van der Waals surface area contributed by atoms with Crippen molar-refractivity contribution < 1.29 is 14.6 Å². The van der Waals surface area contributed by atoms with Gasteiger partial charge in [0.2, 0.25) is 5.88 Å². The molecule has 2 heterocycles. The zero-order valence-corrected chi connectivity index (χ0v) is 15.8. The Bertz CT molecular complexity index is 1140. The fourth-order valence-corrected chi connectivity index (χ4v) is 3.12. The van der Waals surface area contributed by atoms with Gasteiger partial charge in [-0.15, -0.1) is 0 Å². The minimum absolute atomic E-state index is 0.256. The average Bonchev–Trinajstić information content (AvgIpc) is 3.16. The third-order valence-corrected chi connectivity index (χ3v) is 4.60. The number of hydrogen-bond donors (Lipinski definition) is 1. The molecule has 0 fully saturated rings. The summed E-state index contributed by atoms with van der Waals surface area (Å²) in [5.74, 6) is 0.445. The highest BCUT2D eigenvalue weighted by Gasteiger charge is 2.13. The summed E-state index contributed by atoms with van der Waals surface area (Å²) in [7, 11) is 3.08. The highest BCUT2D eigenvalue weighted by molar-refractivity contribution is 5.79. The second-order valence-corrected chi connectivity index (χ2v) is 6.37. The van der Waals surface area contributed by atoms with Crippen LogP contribution >= 0.6 is 0 Å². The number of aromatic nitrogens is 4. The molecule has 4 rings (SSSR count). The average molecular weight is 376 g/mol. The van der Waals surface area contributed by atoms with Crippen LogP contribution in [0.2, 0.25) is 0 Å². The van der Waals surface area contributed by atoms with Crippen LogP contribution in [0, 0.1) is 0 Å². The Labute approximate surface area is 162 Å². The molecule has 7 nitrogen and oxygen atoms in total. The number of ether oxygens (including phenoxy) is 2. The topological polar surface area (TPSA) is 82.3 Å². The van der Waals surface area contributed by atoms with Crippen LogP contribution in [-0.2, 0) is 0 Å². The Morgan fingerprint density at radius 2 is 1.89 bits per heavy atom. The molecule has 142 valence electrons. The maximum Gasteiger partial charge on any atom is 0.319 e. The Balaban J connectivity index is 1.79. The van der Waals surface area contributed by atoms with E-state index in [0.717, 1.165) is 33.4 Å². The van der Waals surface area contributed by atoms with E-state index in [1.807, 2.05) is 47.0 Å². The molecule has 0 aliphatic rings. The predicted octanol–water partition coefficient (Wildman–Crippen LogP) is 3.55. The molecule has 28 heavy (non-hydrogen) atoms. The standard InChI is InChI=1S/C21H20N4O3/c1-13(26)14-7-8-19-18(10-14)23-12-25(19)16-6-4-5-15(9-16)17-11-22-21(28-3)24-20(17)27-2/h4-13,26H,1-3H3. The van der Waals surface area contributed by atoms with Gasteiger partial charge in [0.25, 0.3) is 0 Å². The molecule has 0 saturated heterocycles. The van der Waals surface area contributed by atoms with Crippen molar-refractivity contribution in [2.24, 2.45) is 0 Å². The van der Waals surface area contributed by atoms with E-state index in [1.165, 1.54) is 7.11 Å². The smallest absolute Gasteiger partial charge is 0.319 e. The van der Waals surface area contributed by atoms with Crippen molar-refractivity contribution in [1.29, 1.82) is 0 Å². The molecule has 1 atom stereocenters. The summed E-state index contributed by atoms with van der Waals surface area (Å²) in [5, 5.41) is 9.79. The molecule has 1 N–H and O–H groups in total. The van der Waals surface area contributed by atoms with E-state index in [0.29, 0.717) is 5.88 Å². The zero-order chi connectivity index (χ0) is 19.7. The van der Waals surface area contributed by atoms with Crippen molar-refractivity contribution in [1.82, 2.24) is 19.5 Å². The van der Waals surface area contributed by atoms with Crippen LogP contribution in [0.25, 0.3) is 27.8 Å². The van der Waals surface area contributed by atoms with Gasteiger partial charge in [-0.3, -0.25) is 4.57 Å². The molecule has 7 heteroatoms. The minimum Gasteiger partial charge on any atom is -0.480 e. The fraction of sp³-hybridized carbons (Fsp3) is 0.190. The highest BCUT2D eigenvalue weighted by atomic mass is 16.5. The first-order valence-electron chi connectivity index (χ1n) is 8.81.